The number of hydrogen-bond acceptors (Lipinski definition) is 6. The first-order chi connectivity index (χ1) is 15.7. The van der Waals surface area contributed by atoms with Crippen LogP contribution in [-0.4, -0.2) is 30.6 Å². The molecule has 6 heteroatoms. The molecule has 0 bridgehead atoms. The van der Waals surface area contributed by atoms with Crippen molar-refractivity contribution in [3.63, 3.8) is 0 Å². The zero-order valence-electron chi connectivity index (χ0n) is 19.3. The van der Waals surface area contributed by atoms with Gasteiger partial charge in [0, 0.05) is 17.2 Å². The quantitative estimate of drug-likeness (QED) is 0.371. The van der Waals surface area contributed by atoms with E-state index in [4.69, 9.17) is 14.2 Å². The molecule has 0 atom stereocenters. The Kier molecular flexibility index (Phi) is 7.38. The van der Waals surface area contributed by atoms with E-state index >= 15 is 0 Å². The predicted octanol–water partition coefficient (Wildman–Crippen LogP) is 5.32. The SMILES string of the molecule is COc1ccc(C(=O)COc2ccc(C(=O)OCc3ccccc3)c(O)c2)cc1C(C)(C)C. The van der Waals surface area contributed by atoms with Crippen LogP contribution in [0.3, 0.4) is 0 Å². The van der Waals surface area contributed by atoms with Crippen molar-refractivity contribution in [3.8, 4) is 17.2 Å². The molecular formula is C27H28O6. The fourth-order valence-electron chi connectivity index (χ4n) is 3.27. The number of Topliss-reactive ketones (excluding diaryl/α,β-unsaturated/α-hetero) is 1. The number of esters is 1. The van der Waals surface area contributed by atoms with E-state index < -0.39 is 5.97 Å². The Bertz CT molecular complexity index is 1130. The number of hydrogen-bond donors (Lipinski definition) is 1. The Morgan fingerprint density at radius 2 is 1.67 bits per heavy atom. The number of methoxy groups -OCH3 is 1. The fourth-order valence-corrected chi connectivity index (χ4v) is 3.27. The predicted molar refractivity (Wildman–Crippen MR) is 125 cm³/mol. The van der Waals surface area contributed by atoms with Gasteiger partial charge in [-0.05, 0) is 41.3 Å². The summed E-state index contributed by atoms with van der Waals surface area (Å²) in [4.78, 5) is 25.0. The van der Waals surface area contributed by atoms with E-state index in [1.54, 1.807) is 19.2 Å². The third-order valence-electron chi connectivity index (χ3n) is 5.10. The number of rotatable bonds is 8. The van der Waals surface area contributed by atoms with Gasteiger partial charge in [0.05, 0.1) is 7.11 Å². The van der Waals surface area contributed by atoms with Crippen molar-refractivity contribution in [2.45, 2.75) is 32.8 Å². The van der Waals surface area contributed by atoms with Gasteiger partial charge < -0.3 is 19.3 Å². The number of phenolic OH excluding ortho intramolecular Hbond substituents is 1. The van der Waals surface area contributed by atoms with Crippen molar-refractivity contribution in [2.24, 2.45) is 0 Å². The number of carbonyl (C=O) groups is 2. The Hall–Kier alpha value is -3.80. The fraction of sp³-hybridized carbons (Fsp3) is 0.259. The minimum absolute atomic E-state index is 0.0228. The first-order valence-corrected chi connectivity index (χ1v) is 10.6. The lowest BCUT2D eigenvalue weighted by atomic mass is 9.85. The topological polar surface area (TPSA) is 82.1 Å². The molecule has 0 saturated heterocycles. The van der Waals surface area contributed by atoms with Gasteiger partial charge in [-0.1, -0.05) is 51.1 Å². The van der Waals surface area contributed by atoms with E-state index in [0.29, 0.717) is 5.56 Å². The lowest BCUT2D eigenvalue weighted by Crippen LogP contribution is -2.16. The van der Waals surface area contributed by atoms with Crippen molar-refractivity contribution in [2.75, 3.05) is 13.7 Å². The zero-order chi connectivity index (χ0) is 24.0. The average molecular weight is 449 g/mol. The lowest BCUT2D eigenvalue weighted by Gasteiger charge is -2.22. The van der Waals surface area contributed by atoms with Gasteiger partial charge in [-0.25, -0.2) is 4.79 Å². The number of carbonyl (C=O) groups excluding carboxylic acids is 2. The van der Waals surface area contributed by atoms with E-state index in [1.165, 1.54) is 18.2 Å². The van der Waals surface area contributed by atoms with Crippen molar-refractivity contribution < 1.29 is 28.9 Å². The van der Waals surface area contributed by atoms with E-state index in [0.717, 1.165) is 16.9 Å². The van der Waals surface area contributed by atoms with Gasteiger partial charge in [0.15, 0.2) is 12.4 Å². The van der Waals surface area contributed by atoms with Crippen LogP contribution in [0.5, 0.6) is 17.2 Å². The second-order valence-electron chi connectivity index (χ2n) is 8.62. The van der Waals surface area contributed by atoms with Gasteiger partial charge in [-0.2, -0.15) is 0 Å². The second-order valence-corrected chi connectivity index (χ2v) is 8.62. The van der Waals surface area contributed by atoms with Crippen molar-refractivity contribution in [3.05, 3.63) is 89.0 Å². The van der Waals surface area contributed by atoms with Gasteiger partial charge in [0.25, 0.3) is 0 Å². The van der Waals surface area contributed by atoms with Gasteiger partial charge in [-0.3, -0.25) is 4.79 Å². The van der Waals surface area contributed by atoms with Crippen LogP contribution >= 0.6 is 0 Å². The van der Waals surface area contributed by atoms with E-state index in [-0.39, 0.29) is 41.5 Å². The van der Waals surface area contributed by atoms with Crippen LogP contribution in [0.4, 0.5) is 0 Å². The lowest BCUT2D eigenvalue weighted by molar-refractivity contribution is 0.0469. The van der Waals surface area contributed by atoms with Gasteiger partial charge in [-0.15, -0.1) is 0 Å². The molecule has 0 unspecified atom stereocenters. The third kappa shape index (κ3) is 6.13. The maximum Gasteiger partial charge on any atom is 0.342 e. The van der Waals surface area contributed by atoms with Crippen LogP contribution in [-0.2, 0) is 16.8 Å². The highest BCUT2D eigenvalue weighted by molar-refractivity contribution is 5.97. The number of phenols is 1. The highest BCUT2D eigenvalue weighted by Crippen LogP contribution is 2.32. The molecule has 0 radical (unpaired) electrons. The molecular weight excluding hydrogens is 420 g/mol. The molecule has 3 rings (SSSR count). The van der Waals surface area contributed by atoms with Crippen molar-refractivity contribution >= 4 is 11.8 Å². The number of ketones is 1. The minimum atomic E-state index is -0.646. The normalized spacial score (nSPS) is 11.0. The smallest absolute Gasteiger partial charge is 0.342 e. The number of benzene rings is 3. The Labute approximate surface area is 193 Å². The minimum Gasteiger partial charge on any atom is -0.507 e. The molecule has 0 aliphatic heterocycles. The Morgan fingerprint density at radius 1 is 0.939 bits per heavy atom. The van der Waals surface area contributed by atoms with Crippen LogP contribution in [0.15, 0.2) is 66.7 Å². The molecule has 6 nitrogen and oxygen atoms in total. The van der Waals surface area contributed by atoms with Gasteiger partial charge in [0.2, 0.25) is 0 Å². The van der Waals surface area contributed by atoms with Crippen LogP contribution in [0, 0.1) is 0 Å². The molecule has 0 amide bonds. The molecule has 33 heavy (non-hydrogen) atoms. The second kappa shape index (κ2) is 10.2. The van der Waals surface area contributed by atoms with E-state index in [2.05, 4.69) is 0 Å². The van der Waals surface area contributed by atoms with Crippen LogP contribution in [0.2, 0.25) is 0 Å². The van der Waals surface area contributed by atoms with E-state index in [9.17, 15) is 14.7 Å². The molecule has 3 aromatic carbocycles. The zero-order valence-corrected chi connectivity index (χ0v) is 19.3. The van der Waals surface area contributed by atoms with E-state index in [1.807, 2.05) is 57.2 Å². The first-order valence-electron chi connectivity index (χ1n) is 10.6. The van der Waals surface area contributed by atoms with Gasteiger partial charge in [0.1, 0.15) is 29.4 Å². The van der Waals surface area contributed by atoms with Crippen LogP contribution in [0.25, 0.3) is 0 Å². The summed E-state index contributed by atoms with van der Waals surface area (Å²) in [7, 11) is 1.60. The monoisotopic (exact) mass is 448 g/mol. The van der Waals surface area contributed by atoms with Gasteiger partial charge >= 0.3 is 5.97 Å². The molecule has 0 fully saturated rings. The summed E-state index contributed by atoms with van der Waals surface area (Å²) in [6.45, 7) is 6.03. The van der Waals surface area contributed by atoms with Crippen molar-refractivity contribution in [1.29, 1.82) is 0 Å². The van der Waals surface area contributed by atoms with Crippen LogP contribution in [0.1, 0.15) is 52.6 Å². The Balaban J connectivity index is 1.63. The number of aromatic hydroxyl groups is 1. The Morgan fingerprint density at radius 3 is 2.30 bits per heavy atom. The summed E-state index contributed by atoms with van der Waals surface area (Å²) in [6.07, 6.45) is 0. The third-order valence-corrected chi connectivity index (χ3v) is 5.10. The standard InChI is InChI=1S/C27H28O6/c1-27(2,3)22-14-19(10-13-25(22)31-4)24(29)17-32-20-11-12-21(23(28)15-20)26(30)33-16-18-8-6-5-7-9-18/h5-15,28H,16-17H2,1-4H3. The van der Waals surface area contributed by atoms with Crippen LogP contribution < -0.4 is 9.47 Å². The maximum absolute atomic E-state index is 12.7. The summed E-state index contributed by atoms with van der Waals surface area (Å²) >= 11 is 0. The average Bonchev–Trinajstić information content (AvgIpc) is 2.80. The highest BCUT2D eigenvalue weighted by Gasteiger charge is 2.21. The molecule has 0 heterocycles. The highest BCUT2D eigenvalue weighted by atomic mass is 16.5. The maximum atomic E-state index is 12.7. The summed E-state index contributed by atoms with van der Waals surface area (Å²) in [5, 5.41) is 10.2. The molecule has 0 aromatic heterocycles. The molecule has 3 aromatic rings. The number of ether oxygens (including phenoxy) is 3. The summed E-state index contributed by atoms with van der Waals surface area (Å²) in [5.74, 6) is -0.150. The largest absolute Gasteiger partial charge is 0.507 e. The summed E-state index contributed by atoms with van der Waals surface area (Å²) in [6, 6.07) is 18.8. The first kappa shape index (κ1) is 23.9. The molecule has 0 aliphatic rings. The van der Waals surface area contributed by atoms with Crippen molar-refractivity contribution in [1.82, 2.24) is 0 Å². The molecule has 1 N–H and O–H groups in total. The summed E-state index contributed by atoms with van der Waals surface area (Å²) < 4.78 is 16.2. The summed E-state index contributed by atoms with van der Waals surface area (Å²) in [5.41, 5.74) is 2.10. The molecule has 0 spiro atoms. The molecule has 0 aliphatic carbocycles. The molecule has 0 saturated carbocycles. The molecule has 172 valence electrons.